The zero-order valence-corrected chi connectivity index (χ0v) is 15.7. The van der Waals surface area contributed by atoms with Crippen molar-refractivity contribution in [3.63, 3.8) is 0 Å². The van der Waals surface area contributed by atoms with E-state index in [9.17, 15) is 4.79 Å². The van der Waals surface area contributed by atoms with Gasteiger partial charge in [-0.1, -0.05) is 13.0 Å². The van der Waals surface area contributed by atoms with E-state index in [0.717, 1.165) is 37.3 Å². The van der Waals surface area contributed by atoms with Crippen LogP contribution in [0.1, 0.15) is 41.4 Å². The Kier molecular flexibility index (Phi) is 4.31. The summed E-state index contributed by atoms with van der Waals surface area (Å²) >= 11 is 0. The SMILES string of the molecule is Cn1cc(C#N)cc1C(=O)N1CCC[C@](C)(Cc2ccc3c(c2)OCO3)C1. The van der Waals surface area contributed by atoms with Crippen LogP contribution in [0.4, 0.5) is 0 Å². The Hall–Kier alpha value is -2.94. The Balaban J connectivity index is 1.50. The molecule has 0 bridgehead atoms. The molecule has 27 heavy (non-hydrogen) atoms. The first kappa shape index (κ1) is 17.5. The van der Waals surface area contributed by atoms with Gasteiger partial charge in [-0.2, -0.15) is 5.26 Å². The number of benzene rings is 1. The van der Waals surface area contributed by atoms with Gasteiger partial charge in [0.25, 0.3) is 5.91 Å². The van der Waals surface area contributed by atoms with Gasteiger partial charge in [-0.25, -0.2) is 0 Å². The Labute approximate surface area is 158 Å². The van der Waals surface area contributed by atoms with E-state index in [0.29, 0.717) is 17.8 Å². The molecule has 1 aromatic heterocycles. The minimum Gasteiger partial charge on any atom is -0.454 e. The number of nitrogens with zero attached hydrogens (tertiary/aromatic N) is 3. The standard InChI is InChI=1S/C21H23N3O3/c1-21(10-15-4-5-18-19(9-15)27-14-26-18)6-3-7-24(13-21)20(25)17-8-16(11-22)12-23(17)2/h4-5,8-9,12H,3,6-7,10,13-14H2,1-2H3/t21-/m1/s1. The number of hydrogen-bond donors (Lipinski definition) is 0. The van der Waals surface area contributed by atoms with Gasteiger partial charge in [-0.15, -0.1) is 0 Å². The minimum absolute atomic E-state index is 0.00406. The number of likely N-dealkylation sites (tertiary alicyclic amines) is 1. The number of aryl methyl sites for hydroxylation is 1. The number of piperidine rings is 1. The summed E-state index contributed by atoms with van der Waals surface area (Å²) in [6.45, 7) is 3.97. The van der Waals surface area contributed by atoms with Crippen molar-refractivity contribution in [3.8, 4) is 17.6 Å². The minimum atomic E-state index is -0.00406. The van der Waals surface area contributed by atoms with Gasteiger partial charge < -0.3 is 18.9 Å². The van der Waals surface area contributed by atoms with Crippen molar-refractivity contribution in [3.05, 3.63) is 47.3 Å². The van der Waals surface area contributed by atoms with Crippen LogP contribution in [-0.2, 0) is 13.5 Å². The van der Waals surface area contributed by atoms with E-state index >= 15 is 0 Å². The largest absolute Gasteiger partial charge is 0.454 e. The number of nitriles is 1. The van der Waals surface area contributed by atoms with E-state index < -0.39 is 0 Å². The number of amides is 1. The molecule has 0 aliphatic carbocycles. The summed E-state index contributed by atoms with van der Waals surface area (Å²) in [6, 6.07) is 9.86. The Morgan fingerprint density at radius 2 is 2.11 bits per heavy atom. The molecular weight excluding hydrogens is 342 g/mol. The molecule has 2 aliphatic heterocycles. The van der Waals surface area contributed by atoms with Crippen LogP contribution in [-0.4, -0.2) is 35.3 Å². The molecule has 6 heteroatoms. The van der Waals surface area contributed by atoms with Gasteiger partial charge in [0.15, 0.2) is 11.5 Å². The van der Waals surface area contributed by atoms with Crippen LogP contribution in [0.3, 0.4) is 0 Å². The quantitative estimate of drug-likeness (QED) is 0.838. The Morgan fingerprint density at radius 3 is 2.89 bits per heavy atom. The first-order chi connectivity index (χ1) is 13.0. The lowest BCUT2D eigenvalue weighted by molar-refractivity contribution is 0.0541. The third kappa shape index (κ3) is 3.37. The van der Waals surface area contributed by atoms with Crippen molar-refractivity contribution in [1.82, 2.24) is 9.47 Å². The van der Waals surface area contributed by atoms with Gasteiger partial charge in [0.05, 0.1) is 5.56 Å². The smallest absolute Gasteiger partial charge is 0.270 e. The van der Waals surface area contributed by atoms with Crippen molar-refractivity contribution in [2.24, 2.45) is 12.5 Å². The molecule has 1 atom stereocenters. The molecule has 0 unspecified atom stereocenters. The molecule has 0 saturated carbocycles. The summed E-state index contributed by atoms with van der Waals surface area (Å²) < 4.78 is 12.6. The van der Waals surface area contributed by atoms with Gasteiger partial charge >= 0.3 is 0 Å². The maximum Gasteiger partial charge on any atom is 0.270 e. The summed E-state index contributed by atoms with van der Waals surface area (Å²) in [7, 11) is 1.81. The highest BCUT2D eigenvalue weighted by molar-refractivity contribution is 5.93. The highest BCUT2D eigenvalue weighted by atomic mass is 16.7. The fourth-order valence-electron chi connectivity index (χ4n) is 4.18. The molecule has 1 amide bonds. The van der Waals surface area contributed by atoms with Crippen molar-refractivity contribution in [2.75, 3.05) is 19.9 Å². The van der Waals surface area contributed by atoms with Crippen LogP contribution in [0.2, 0.25) is 0 Å². The van der Waals surface area contributed by atoms with E-state index in [2.05, 4.69) is 19.1 Å². The van der Waals surface area contributed by atoms with Crippen LogP contribution in [0.5, 0.6) is 11.5 Å². The normalized spacial score (nSPS) is 21.1. The predicted molar refractivity (Wildman–Crippen MR) is 99.6 cm³/mol. The lowest BCUT2D eigenvalue weighted by Gasteiger charge is -2.40. The molecule has 1 aromatic carbocycles. The summed E-state index contributed by atoms with van der Waals surface area (Å²) in [5.74, 6) is 1.59. The maximum atomic E-state index is 13.0. The number of rotatable bonds is 3. The molecule has 6 nitrogen and oxygen atoms in total. The fourth-order valence-corrected chi connectivity index (χ4v) is 4.18. The van der Waals surface area contributed by atoms with E-state index in [4.69, 9.17) is 14.7 Å². The van der Waals surface area contributed by atoms with Crippen LogP contribution < -0.4 is 9.47 Å². The van der Waals surface area contributed by atoms with Crippen LogP contribution in [0, 0.1) is 16.7 Å². The second kappa shape index (κ2) is 6.66. The molecule has 2 aliphatic rings. The number of hydrogen-bond acceptors (Lipinski definition) is 4. The summed E-state index contributed by atoms with van der Waals surface area (Å²) in [4.78, 5) is 14.9. The van der Waals surface area contributed by atoms with Crippen LogP contribution in [0.15, 0.2) is 30.5 Å². The highest BCUT2D eigenvalue weighted by Gasteiger charge is 2.34. The summed E-state index contributed by atoms with van der Waals surface area (Å²) in [5, 5.41) is 9.07. The van der Waals surface area contributed by atoms with Crippen LogP contribution in [0.25, 0.3) is 0 Å². The van der Waals surface area contributed by atoms with Crippen molar-refractivity contribution < 1.29 is 14.3 Å². The average Bonchev–Trinajstić information content (AvgIpc) is 3.26. The van der Waals surface area contributed by atoms with E-state index in [1.54, 1.807) is 16.8 Å². The predicted octanol–water partition coefficient (Wildman–Crippen LogP) is 3.11. The number of carbonyl (C=O) groups is 1. The maximum absolute atomic E-state index is 13.0. The second-order valence-corrected chi connectivity index (χ2v) is 7.84. The van der Waals surface area contributed by atoms with Crippen molar-refractivity contribution >= 4 is 5.91 Å². The van der Waals surface area contributed by atoms with E-state index in [1.165, 1.54) is 5.56 Å². The third-order valence-corrected chi connectivity index (χ3v) is 5.49. The van der Waals surface area contributed by atoms with Gasteiger partial charge in [0, 0.05) is 26.3 Å². The Bertz CT molecular complexity index is 927. The topological polar surface area (TPSA) is 67.5 Å². The highest BCUT2D eigenvalue weighted by Crippen LogP contribution is 2.37. The van der Waals surface area contributed by atoms with Crippen LogP contribution >= 0.6 is 0 Å². The monoisotopic (exact) mass is 365 g/mol. The molecule has 2 aromatic rings. The van der Waals surface area contributed by atoms with E-state index in [-0.39, 0.29) is 18.1 Å². The molecule has 0 radical (unpaired) electrons. The zero-order chi connectivity index (χ0) is 19.0. The summed E-state index contributed by atoms with van der Waals surface area (Å²) in [5.41, 5.74) is 2.28. The fraction of sp³-hybridized carbons (Fsp3) is 0.429. The number of aromatic nitrogens is 1. The average molecular weight is 365 g/mol. The summed E-state index contributed by atoms with van der Waals surface area (Å²) in [6.07, 6.45) is 4.62. The molecule has 1 saturated heterocycles. The van der Waals surface area contributed by atoms with Crippen molar-refractivity contribution in [1.29, 1.82) is 5.26 Å². The van der Waals surface area contributed by atoms with Gasteiger partial charge in [-0.3, -0.25) is 4.79 Å². The van der Waals surface area contributed by atoms with Crippen molar-refractivity contribution in [2.45, 2.75) is 26.2 Å². The lowest BCUT2D eigenvalue weighted by atomic mass is 9.77. The third-order valence-electron chi connectivity index (χ3n) is 5.49. The Morgan fingerprint density at radius 1 is 1.30 bits per heavy atom. The number of ether oxygens (including phenoxy) is 2. The van der Waals surface area contributed by atoms with Gasteiger partial charge in [0.1, 0.15) is 11.8 Å². The molecule has 4 rings (SSSR count). The number of fused-ring (bicyclic) bond motifs is 1. The first-order valence-electron chi connectivity index (χ1n) is 9.22. The zero-order valence-electron chi connectivity index (χ0n) is 15.7. The molecule has 0 N–H and O–H groups in total. The molecule has 140 valence electrons. The van der Waals surface area contributed by atoms with E-state index in [1.807, 2.05) is 24.1 Å². The van der Waals surface area contributed by atoms with Gasteiger partial charge in [0.2, 0.25) is 6.79 Å². The molecule has 3 heterocycles. The lowest BCUT2D eigenvalue weighted by Crippen LogP contribution is -2.46. The number of carbonyl (C=O) groups excluding carboxylic acids is 1. The molecular formula is C21H23N3O3. The molecule has 1 fully saturated rings. The van der Waals surface area contributed by atoms with Gasteiger partial charge in [-0.05, 0) is 48.4 Å². The first-order valence-corrected chi connectivity index (χ1v) is 9.22. The molecule has 0 spiro atoms. The second-order valence-electron chi connectivity index (χ2n) is 7.84.